The van der Waals surface area contributed by atoms with Crippen molar-refractivity contribution in [1.29, 1.82) is 0 Å². The Hall–Kier alpha value is -0.963. The Morgan fingerprint density at radius 2 is 1.70 bits per heavy atom. The summed E-state index contributed by atoms with van der Waals surface area (Å²) in [6.45, 7) is 10.4. The molecular weight excluding hydrogens is 319 g/mol. The third-order valence-electron chi connectivity index (χ3n) is 4.38. The molecule has 0 spiro atoms. The smallest absolute Gasteiger partial charge is 0.349 e. The van der Waals surface area contributed by atoms with Gasteiger partial charge >= 0.3 is 6.18 Å². The molecule has 0 heterocycles. The molecule has 23 heavy (non-hydrogen) atoms. The van der Waals surface area contributed by atoms with Gasteiger partial charge in [-0.25, -0.2) is 0 Å². The summed E-state index contributed by atoms with van der Waals surface area (Å²) in [7, 11) is 1.37. The van der Waals surface area contributed by atoms with Gasteiger partial charge in [0.05, 0.1) is 6.42 Å². The summed E-state index contributed by atoms with van der Waals surface area (Å²) in [5.41, 5.74) is 3.18. The average molecular weight is 350 g/mol. The molecule has 0 radical (unpaired) electrons. The van der Waals surface area contributed by atoms with Gasteiger partial charge in [0.15, 0.2) is 0 Å². The van der Waals surface area contributed by atoms with Crippen LogP contribution in [0.1, 0.15) is 46.5 Å². The van der Waals surface area contributed by atoms with Gasteiger partial charge < -0.3 is 4.90 Å². The lowest BCUT2D eigenvalue weighted by molar-refractivity contribution is -0.141. The molecule has 1 amide bonds. The van der Waals surface area contributed by atoms with Gasteiger partial charge in [-0.3, -0.25) is 4.79 Å². The van der Waals surface area contributed by atoms with E-state index in [2.05, 4.69) is 45.3 Å². The monoisotopic (exact) mass is 349 g/mol. The molecule has 1 atom stereocenters. The first-order chi connectivity index (χ1) is 10.2. The molecule has 0 aliphatic carbocycles. The van der Waals surface area contributed by atoms with Crippen LogP contribution < -0.4 is 0 Å². The minimum atomic E-state index is -4.22. The molecule has 1 unspecified atom stereocenters. The second kappa shape index (κ2) is 8.23. The van der Waals surface area contributed by atoms with Gasteiger partial charge in [0.1, 0.15) is 8.07 Å². The second-order valence-corrected chi connectivity index (χ2v) is 12.8. The summed E-state index contributed by atoms with van der Waals surface area (Å²) in [6, 6.07) is 0. The van der Waals surface area contributed by atoms with E-state index in [0.29, 0.717) is 12.8 Å². The lowest BCUT2D eigenvalue weighted by Crippen LogP contribution is -2.35. The predicted molar refractivity (Wildman–Crippen MR) is 91.7 cm³/mol. The van der Waals surface area contributed by atoms with E-state index in [9.17, 15) is 18.0 Å². The van der Waals surface area contributed by atoms with Gasteiger partial charge in [0.25, 0.3) is 0 Å². The Bertz CT molecular complexity index is 453. The molecule has 2 nitrogen and oxygen atoms in total. The van der Waals surface area contributed by atoms with Crippen LogP contribution in [0.3, 0.4) is 0 Å². The largest absolute Gasteiger partial charge is 0.390 e. The molecule has 134 valence electrons. The zero-order valence-corrected chi connectivity index (χ0v) is 16.4. The maximum atomic E-state index is 12.7. The molecule has 0 saturated heterocycles. The quantitative estimate of drug-likeness (QED) is 0.512. The summed E-state index contributed by atoms with van der Waals surface area (Å²) >= 11 is 0. The molecule has 0 bridgehead atoms. The molecule has 0 saturated carbocycles. The van der Waals surface area contributed by atoms with Crippen molar-refractivity contribution in [3.05, 3.63) is 0 Å². The first-order valence-electron chi connectivity index (χ1n) is 7.95. The lowest BCUT2D eigenvalue weighted by atomic mass is 9.99. The van der Waals surface area contributed by atoms with E-state index in [4.69, 9.17) is 0 Å². The van der Waals surface area contributed by atoms with E-state index in [-0.39, 0.29) is 17.4 Å². The van der Waals surface area contributed by atoms with Crippen molar-refractivity contribution < 1.29 is 18.0 Å². The normalized spacial score (nSPS) is 14.0. The fourth-order valence-electron chi connectivity index (χ4n) is 1.70. The molecular formula is C17H30F3NOSi. The average Bonchev–Trinajstić information content (AvgIpc) is 2.32. The second-order valence-electron chi connectivity index (χ2n) is 7.84. The van der Waals surface area contributed by atoms with E-state index in [0.717, 1.165) is 0 Å². The minimum Gasteiger partial charge on any atom is -0.349 e. The fraction of sp³-hybridized carbons (Fsp3) is 0.824. The molecule has 0 fully saturated rings. The summed E-state index contributed by atoms with van der Waals surface area (Å²) in [5, 5.41) is 0.0175. The van der Waals surface area contributed by atoms with Crippen LogP contribution in [0.2, 0.25) is 18.1 Å². The predicted octanol–water partition coefficient (Wildman–Crippen LogP) is 4.86. The van der Waals surface area contributed by atoms with Crippen LogP contribution in [0, 0.1) is 17.4 Å². The summed E-state index contributed by atoms with van der Waals surface area (Å²) in [5.74, 6) is 2.11. The molecule has 0 N–H and O–H groups in total. The zero-order chi connectivity index (χ0) is 18.5. The van der Waals surface area contributed by atoms with Crippen molar-refractivity contribution in [3.8, 4) is 11.5 Å². The molecule has 0 aromatic rings. The highest BCUT2D eigenvalue weighted by Crippen LogP contribution is 2.35. The molecule has 6 heteroatoms. The third-order valence-corrected chi connectivity index (χ3v) is 8.90. The number of nitrogens with zero attached hydrogens (tertiary/aromatic N) is 1. The van der Waals surface area contributed by atoms with Crippen molar-refractivity contribution in [1.82, 2.24) is 4.90 Å². The van der Waals surface area contributed by atoms with Gasteiger partial charge in [-0.15, -0.1) is 11.5 Å². The highest BCUT2D eigenvalue weighted by Gasteiger charge is 2.35. The first kappa shape index (κ1) is 22.0. The van der Waals surface area contributed by atoms with E-state index in [1.165, 1.54) is 4.90 Å². The van der Waals surface area contributed by atoms with Crippen LogP contribution in [0.15, 0.2) is 0 Å². The Morgan fingerprint density at radius 3 is 2.09 bits per heavy atom. The molecule has 0 aliphatic heterocycles. The van der Waals surface area contributed by atoms with Gasteiger partial charge in [-0.05, 0) is 17.9 Å². The van der Waals surface area contributed by atoms with Gasteiger partial charge in [0.2, 0.25) is 5.91 Å². The third kappa shape index (κ3) is 9.04. The number of alkyl halides is 3. The van der Waals surface area contributed by atoms with E-state index < -0.39 is 26.6 Å². The number of amides is 1. The highest BCUT2D eigenvalue weighted by molar-refractivity contribution is 6.87. The highest BCUT2D eigenvalue weighted by atomic mass is 28.3. The minimum absolute atomic E-state index is 0.0175. The number of halogens is 3. The number of hydrogen-bond donors (Lipinski definition) is 0. The Morgan fingerprint density at radius 1 is 1.17 bits per heavy atom. The Kier molecular flexibility index (Phi) is 7.88. The van der Waals surface area contributed by atoms with Crippen molar-refractivity contribution in [2.75, 3.05) is 14.1 Å². The Labute approximate surface area is 139 Å². The van der Waals surface area contributed by atoms with E-state index in [1.807, 2.05) is 0 Å². The maximum Gasteiger partial charge on any atom is 0.390 e. The van der Waals surface area contributed by atoms with Crippen molar-refractivity contribution in [2.24, 2.45) is 5.92 Å². The van der Waals surface area contributed by atoms with Crippen LogP contribution in [0.25, 0.3) is 0 Å². The van der Waals surface area contributed by atoms with Gasteiger partial charge in [-0.1, -0.05) is 33.9 Å². The standard InChI is InChI=1S/C17H30F3NOSi/c1-16(2,3)23(6,7)12-11-14(13-17(18,19)20)9-8-10-15(22)21(4)5/h14H,8-10,13H2,1-7H3. The molecule has 0 aliphatic rings. The fourth-order valence-corrected chi connectivity index (χ4v) is 2.64. The number of carbonyl (C=O) groups excluding carboxylic acids is 1. The number of hydrogen-bond acceptors (Lipinski definition) is 1. The van der Waals surface area contributed by atoms with Crippen LogP contribution >= 0.6 is 0 Å². The number of carbonyl (C=O) groups is 1. The van der Waals surface area contributed by atoms with Crippen molar-refractivity contribution >= 4 is 14.0 Å². The van der Waals surface area contributed by atoms with Gasteiger partial charge in [-0.2, -0.15) is 13.2 Å². The van der Waals surface area contributed by atoms with E-state index >= 15 is 0 Å². The molecule has 0 aromatic carbocycles. The maximum absolute atomic E-state index is 12.7. The lowest BCUT2D eigenvalue weighted by Gasteiger charge is -2.31. The van der Waals surface area contributed by atoms with Crippen molar-refractivity contribution in [2.45, 2.75) is 70.8 Å². The van der Waals surface area contributed by atoms with Crippen LogP contribution in [0.4, 0.5) is 13.2 Å². The molecule has 0 aromatic heterocycles. The topological polar surface area (TPSA) is 20.3 Å². The Balaban J connectivity index is 4.95. The summed E-state index contributed by atoms with van der Waals surface area (Å²) < 4.78 is 38.2. The van der Waals surface area contributed by atoms with Crippen LogP contribution in [-0.4, -0.2) is 39.2 Å². The van der Waals surface area contributed by atoms with Crippen LogP contribution in [0.5, 0.6) is 0 Å². The van der Waals surface area contributed by atoms with Crippen LogP contribution in [-0.2, 0) is 4.79 Å². The molecule has 0 rings (SSSR count). The summed E-state index contributed by atoms with van der Waals surface area (Å²) in [4.78, 5) is 13.0. The zero-order valence-electron chi connectivity index (χ0n) is 15.4. The van der Waals surface area contributed by atoms with E-state index in [1.54, 1.807) is 14.1 Å². The summed E-state index contributed by atoms with van der Waals surface area (Å²) in [6.07, 6.45) is -4.11. The first-order valence-corrected chi connectivity index (χ1v) is 11.0. The SMILES string of the molecule is CN(C)C(=O)CCCC(C#C[Si](C)(C)C(C)(C)C)CC(F)(F)F. The van der Waals surface area contributed by atoms with Gasteiger partial charge in [0, 0.05) is 26.4 Å². The number of rotatable bonds is 5. The van der Waals surface area contributed by atoms with Crippen molar-refractivity contribution in [3.63, 3.8) is 0 Å².